The van der Waals surface area contributed by atoms with Gasteiger partial charge in [-0.2, -0.15) is 0 Å². The maximum Gasteiger partial charge on any atom is 0.224 e. The molecule has 2 heterocycles. The first-order valence-corrected chi connectivity index (χ1v) is 6.72. The normalized spacial score (nSPS) is 14.1. The van der Waals surface area contributed by atoms with Crippen molar-refractivity contribution in [1.82, 2.24) is 4.98 Å². The molecule has 0 saturated heterocycles. The molecule has 3 N–H and O–H groups in total. The average Bonchev–Trinajstić information content (AvgIpc) is 2.67. The molecule has 0 saturated carbocycles. The zero-order chi connectivity index (χ0) is 13.6. The molecule has 0 unspecified atom stereocenters. The highest BCUT2D eigenvalue weighted by Gasteiger charge is 2.20. The highest BCUT2D eigenvalue weighted by molar-refractivity contribution is 7.15. The van der Waals surface area contributed by atoms with Gasteiger partial charge in [-0.25, -0.2) is 9.37 Å². The van der Waals surface area contributed by atoms with E-state index in [-0.39, 0.29) is 5.91 Å². The topological polar surface area (TPSA) is 68.0 Å². The smallest absolute Gasteiger partial charge is 0.224 e. The lowest BCUT2D eigenvalue weighted by molar-refractivity contribution is -0.116. The van der Waals surface area contributed by atoms with Crippen LogP contribution in [0.15, 0.2) is 12.1 Å². The molecule has 4 nitrogen and oxygen atoms in total. The van der Waals surface area contributed by atoms with Crippen molar-refractivity contribution in [1.29, 1.82) is 0 Å². The predicted molar refractivity (Wildman–Crippen MR) is 73.6 cm³/mol. The van der Waals surface area contributed by atoms with E-state index in [1.54, 1.807) is 6.07 Å². The number of nitrogens with zero attached hydrogens (tertiary/aromatic N) is 1. The molecule has 0 bridgehead atoms. The number of hydrogen-bond acceptors (Lipinski definition) is 4. The lowest BCUT2D eigenvalue weighted by atomic mass is 9.98. The molecule has 1 amide bonds. The van der Waals surface area contributed by atoms with Gasteiger partial charge in [0.05, 0.1) is 5.69 Å². The van der Waals surface area contributed by atoms with E-state index >= 15 is 0 Å². The van der Waals surface area contributed by atoms with Gasteiger partial charge in [0.2, 0.25) is 5.91 Å². The maximum absolute atomic E-state index is 14.2. The molecule has 3 rings (SSSR count). The van der Waals surface area contributed by atoms with Crippen LogP contribution in [0.1, 0.15) is 16.9 Å². The zero-order valence-electron chi connectivity index (χ0n) is 10.3. The number of nitrogen functional groups attached to an aromatic ring is 1. The van der Waals surface area contributed by atoms with E-state index in [9.17, 15) is 9.18 Å². The summed E-state index contributed by atoms with van der Waals surface area (Å²) in [5.41, 5.74) is 8.17. The molecular formula is C13H12FN3OS. The number of halogens is 1. The van der Waals surface area contributed by atoms with Gasteiger partial charge in [0, 0.05) is 22.5 Å². The number of nitrogens with two attached hydrogens (primary N) is 1. The van der Waals surface area contributed by atoms with Crippen molar-refractivity contribution in [3.05, 3.63) is 28.4 Å². The van der Waals surface area contributed by atoms with Crippen LogP contribution in [0.2, 0.25) is 0 Å². The van der Waals surface area contributed by atoms with Crippen LogP contribution in [-0.2, 0) is 11.2 Å². The Labute approximate surface area is 113 Å². The van der Waals surface area contributed by atoms with Gasteiger partial charge < -0.3 is 11.1 Å². The Hall–Kier alpha value is -1.95. The number of aryl methyl sites for hydroxylation is 2. The second-order valence-corrected chi connectivity index (χ2v) is 5.73. The van der Waals surface area contributed by atoms with Gasteiger partial charge in [-0.1, -0.05) is 0 Å². The van der Waals surface area contributed by atoms with E-state index in [0.717, 1.165) is 10.4 Å². The number of anilines is 2. The number of benzene rings is 1. The van der Waals surface area contributed by atoms with Crippen molar-refractivity contribution in [3.8, 4) is 11.3 Å². The molecule has 1 aromatic carbocycles. The highest BCUT2D eigenvalue weighted by atomic mass is 32.1. The number of nitrogens with one attached hydrogen (secondary N) is 1. The largest absolute Gasteiger partial charge is 0.375 e. The number of thiazole rings is 1. The number of amides is 1. The molecule has 1 aliphatic rings. The minimum absolute atomic E-state index is 0.0752. The van der Waals surface area contributed by atoms with Gasteiger partial charge in [0.15, 0.2) is 5.13 Å². The molecule has 2 aromatic rings. The predicted octanol–water partition coefficient (Wildman–Crippen LogP) is 2.72. The lowest BCUT2D eigenvalue weighted by Gasteiger charge is -2.18. The first kappa shape index (κ1) is 12.1. The lowest BCUT2D eigenvalue weighted by Crippen LogP contribution is -2.19. The Kier molecular flexibility index (Phi) is 2.74. The van der Waals surface area contributed by atoms with Crippen molar-refractivity contribution >= 4 is 28.1 Å². The van der Waals surface area contributed by atoms with Crippen molar-refractivity contribution in [2.45, 2.75) is 19.8 Å². The minimum Gasteiger partial charge on any atom is -0.375 e. The molecule has 98 valence electrons. The molecule has 1 aromatic heterocycles. The number of rotatable bonds is 1. The third kappa shape index (κ3) is 2.08. The fourth-order valence-electron chi connectivity index (χ4n) is 2.25. The molecule has 0 radical (unpaired) electrons. The molecule has 0 atom stereocenters. The summed E-state index contributed by atoms with van der Waals surface area (Å²) in [5, 5.41) is 3.11. The van der Waals surface area contributed by atoms with Gasteiger partial charge >= 0.3 is 0 Å². The van der Waals surface area contributed by atoms with Crippen LogP contribution in [-0.4, -0.2) is 10.9 Å². The summed E-state index contributed by atoms with van der Waals surface area (Å²) in [4.78, 5) is 16.3. The highest BCUT2D eigenvalue weighted by Crippen LogP contribution is 2.34. The van der Waals surface area contributed by atoms with Gasteiger partial charge in [0.25, 0.3) is 0 Å². The van der Waals surface area contributed by atoms with Crippen LogP contribution in [0.3, 0.4) is 0 Å². The third-order valence-corrected chi connectivity index (χ3v) is 3.96. The number of hydrogen-bond donors (Lipinski definition) is 2. The molecular weight excluding hydrogens is 265 g/mol. The van der Waals surface area contributed by atoms with E-state index in [1.165, 1.54) is 17.4 Å². The second-order valence-electron chi connectivity index (χ2n) is 4.49. The van der Waals surface area contributed by atoms with Gasteiger partial charge in [-0.15, -0.1) is 11.3 Å². The van der Waals surface area contributed by atoms with Crippen molar-refractivity contribution in [2.24, 2.45) is 0 Å². The second kappa shape index (κ2) is 4.31. The van der Waals surface area contributed by atoms with Crippen molar-refractivity contribution in [2.75, 3.05) is 11.1 Å². The quantitative estimate of drug-likeness (QED) is 0.842. The van der Waals surface area contributed by atoms with Crippen LogP contribution in [0.4, 0.5) is 15.2 Å². The van der Waals surface area contributed by atoms with Crippen LogP contribution >= 0.6 is 11.3 Å². The first-order valence-electron chi connectivity index (χ1n) is 5.90. The van der Waals surface area contributed by atoms with Crippen LogP contribution in [0.25, 0.3) is 11.3 Å². The Morgan fingerprint density at radius 2 is 2.21 bits per heavy atom. The Bertz CT molecular complexity index is 681. The average molecular weight is 277 g/mol. The van der Waals surface area contributed by atoms with E-state index in [2.05, 4.69) is 10.3 Å². The number of fused-ring (bicyclic) bond motifs is 1. The van der Waals surface area contributed by atoms with Crippen LogP contribution < -0.4 is 11.1 Å². The van der Waals surface area contributed by atoms with E-state index < -0.39 is 5.82 Å². The summed E-state index contributed by atoms with van der Waals surface area (Å²) < 4.78 is 14.2. The molecule has 0 spiro atoms. The molecule has 19 heavy (non-hydrogen) atoms. The molecule has 6 heteroatoms. The number of carbonyl (C=O) groups excluding carboxylic acids is 1. The third-order valence-electron chi connectivity index (χ3n) is 3.16. The summed E-state index contributed by atoms with van der Waals surface area (Å²) in [7, 11) is 0. The van der Waals surface area contributed by atoms with Gasteiger partial charge in [-0.3, -0.25) is 4.79 Å². The monoisotopic (exact) mass is 277 g/mol. The fraction of sp³-hybridized carbons (Fsp3) is 0.231. The summed E-state index contributed by atoms with van der Waals surface area (Å²) >= 11 is 1.34. The van der Waals surface area contributed by atoms with Crippen LogP contribution in [0.5, 0.6) is 0 Å². The fourth-order valence-corrected chi connectivity index (χ4v) is 2.95. The minimum atomic E-state index is -0.394. The Morgan fingerprint density at radius 3 is 2.89 bits per heavy atom. The number of carbonyl (C=O) groups is 1. The summed E-state index contributed by atoms with van der Waals surface area (Å²) in [5.74, 6) is -0.469. The SMILES string of the molecule is Cc1sc(N)nc1-c1cc2c(cc1F)NC(=O)CC2. The summed E-state index contributed by atoms with van der Waals surface area (Å²) in [6.07, 6.45) is 1.05. The number of aromatic nitrogens is 1. The summed E-state index contributed by atoms with van der Waals surface area (Å²) in [6, 6.07) is 3.11. The van der Waals surface area contributed by atoms with Crippen molar-refractivity contribution < 1.29 is 9.18 Å². The van der Waals surface area contributed by atoms with E-state index in [4.69, 9.17) is 5.73 Å². The van der Waals surface area contributed by atoms with Gasteiger partial charge in [0.1, 0.15) is 5.82 Å². The maximum atomic E-state index is 14.2. The van der Waals surface area contributed by atoms with Gasteiger partial charge in [-0.05, 0) is 31.0 Å². The Balaban J connectivity index is 2.13. The zero-order valence-corrected chi connectivity index (χ0v) is 11.1. The summed E-state index contributed by atoms with van der Waals surface area (Å²) in [6.45, 7) is 1.87. The van der Waals surface area contributed by atoms with E-state index in [1.807, 2.05) is 6.92 Å². The Morgan fingerprint density at radius 1 is 1.42 bits per heavy atom. The molecule has 1 aliphatic heterocycles. The van der Waals surface area contributed by atoms with E-state index in [0.29, 0.717) is 34.9 Å². The molecule has 0 aliphatic carbocycles. The van der Waals surface area contributed by atoms with Crippen LogP contribution in [0, 0.1) is 12.7 Å². The molecule has 0 fully saturated rings. The standard InChI is InChI=1S/C13H12FN3OS/c1-6-12(17-13(15)19-6)8-4-7-2-3-11(18)16-10(7)5-9(8)14/h4-5H,2-3H2,1H3,(H2,15,17)(H,16,18). The first-order chi connectivity index (χ1) is 9.04. The van der Waals surface area contributed by atoms with Crippen molar-refractivity contribution in [3.63, 3.8) is 0 Å².